The zero-order valence-corrected chi connectivity index (χ0v) is 9.81. The minimum atomic E-state index is 0.247. The SMILES string of the molecule is C/C=C\C1=C(C)C=CC1(C)C.CC. The minimum absolute atomic E-state index is 0.247. The third kappa shape index (κ3) is 2.87. The Labute approximate surface area is 83.0 Å². The third-order valence-corrected chi connectivity index (χ3v) is 2.20. The highest BCUT2D eigenvalue weighted by atomic mass is 14.3. The summed E-state index contributed by atoms with van der Waals surface area (Å²) in [5.41, 5.74) is 3.09. The van der Waals surface area contributed by atoms with Crippen LogP contribution in [0.25, 0.3) is 0 Å². The van der Waals surface area contributed by atoms with Crippen LogP contribution < -0.4 is 0 Å². The van der Waals surface area contributed by atoms with Crippen molar-refractivity contribution in [3.63, 3.8) is 0 Å². The molecule has 0 aromatic carbocycles. The molecule has 13 heavy (non-hydrogen) atoms. The molecule has 0 unspecified atom stereocenters. The Morgan fingerprint density at radius 2 is 1.77 bits per heavy atom. The maximum atomic E-state index is 2.26. The second-order valence-corrected chi connectivity index (χ2v) is 3.65. The standard InChI is InChI=1S/C11H16.C2H6/c1-5-6-10-9(2)7-8-11(10,3)4;1-2/h5-8H,1-4H3;1-2H3/b6-5-;. The molecule has 0 fully saturated rings. The Morgan fingerprint density at radius 3 is 2.08 bits per heavy atom. The van der Waals surface area contributed by atoms with Crippen molar-refractivity contribution >= 4 is 0 Å². The first-order valence-corrected chi connectivity index (χ1v) is 5.11. The van der Waals surface area contributed by atoms with E-state index in [0.717, 1.165) is 0 Å². The van der Waals surface area contributed by atoms with E-state index in [0.29, 0.717) is 0 Å². The van der Waals surface area contributed by atoms with Crippen molar-refractivity contribution in [2.24, 2.45) is 5.41 Å². The smallest absolute Gasteiger partial charge is 0.00810 e. The van der Waals surface area contributed by atoms with Crippen LogP contribution in [0.4, 0.5) is 0 Å². The molecule has 0 saturated heterocycles. The lowest BCUT2D eigenvalue weighted by atomic mass is 9.86. The maximum Gasteiger partial charge on any atom is 0.00810 e. The molecule has 74 valence electrons. The Morgan fingerprint density at radius 1 is 1.23 bits per heavy atom. The highest BCUT2D eigenvalue weighted by Crippen LogP contribution is 2.36. The number of rotatable bonds is 1. The van der Waals surface area contributed by atoms with Crippen molar-refractivity contribution in [1.29, 1.82) is 0 Å². The van der Waals surface area contributed by atoms with Gasteiger partial charge in [0, 0.05) is 5.41 Å². The summed E-state index contributed by atoms with van der Waals surface area (Å²) in [4.78, 5) is 0. The van der Waals surface area contributed by atoms with Gasteiger partial charge in [-0.05, 0) is 25.0 Å². The summed E-state index contributed by atoms with van der Waals surface area (Å²) in [5.74, 6) is 0. The predicted molar refractivity (Wildman–Crippen MR) is 61.8 cm³/mol. The van der Waals surface area contributed by atoms with Crippen molar-refractivity contribution < 1.29 is 0 Å². The first kappa shape index (κ1) is 12.2. The van der Waals surface area contributed by atoms with E-state index in [9.17, 15) is 0 Å². The molecule has 0 N–H and O–H groups in total. The fourth-order valence-electron chi connectivity index (χ4n) is 1.53. The van der Waals surface area contributed by atoms with Gasteiger partial charge in [-0.25, -0.2) is 0 Å². The normalized spacial score (nSPS) is 19.2. The highest BCUT2D eigenvalue weighted by Gasteiger charge is 2.23. The minimum Gasteiger partial charge on any atom is -0.0873 e. The molecule has 0 radical (unpaired) electrons. The van der Waals surface area contributed by atoms with Gasteiger partial charge >= 0.3 is 0 Å². The summed E-state index contributed by atoms with van der Waals surface area (Å²) >= 11 is 0. The van der Waals surface area contributed by atoms with Crippen LogP contribution >= 0.6 is 0 Å². The summed E-state index contributed by atoms with van der Waals surface area (Å²) in [6.07, 6.45) is 8.77. The molecule has 0 bridgehead atoms. The van der Waals surface area contributed by atoms with Gasteiger partial charge in [-0.3, -0.25) is 0 Å². The van der Waals surface area contributed by atoms with E-state index in [1.54, 1.807) is 0 Å². The first-order chi connectivity index (χ1) is 6.08. The average molecular weight is 178 g/mol. The molecule has 0 aliphatic heterocycles. The average Bonchev–Trinajstić information content (AvgIpc) is 2.36. The van der Waals surface area contributed by atoms with Gasteiger partial charge < -0.3 is 0 Å². The van der Waals surface area contributed by atoms with E-state index < -0.39 is 0 Å². The molecule has 0 aromatic heterocycles. The second-order valence-electron chi connectivity index (χ2n) is 3.65. The van der Waals surface area contributed by atoms with Gasteiger partial charge in [-0.15, -0.1) is 0 Å². The van der Waals surface area contributed by atoms with Gasteiger partial charge in [0.1, 0.15) is 0 Å². The maximum absolute atomic E-state index is 2.26. The van der Waals surface area contributed by atoms with Crippen LogP contribution in [0.5, 0.6) is 0 Å². The Kier molecular flexibility index (Phi) is 4.76. The summed E-state index contributed by atoms with van der Waals surface area (Å²) in [6.45, 7) is 12.7. The van der Waals surface area contributed by atoms with Crippen LogP contribution in [0.1, 0.15) is 41.5 Å². The van der Waals surface area contributed by atoms with Crippen molar-refractivity contribution in [1.82, 2.24) is 0 Å². The number of allylic oxidation sites excluding steroid dienone is 6. The van der Waals surface area contributed by atoms with Gasteiger partial charge in [-0.1, -0.05) is 52.0 Å². The topological polar surface area (TPSA) is 0 Å². The Balaban J connectivity index is 0.000000671. The third-order valence-electron chi connectivity index (χ3n) is 2.20. The monoisotopic (exact) mass is 178 g/mol. The van der Waals surface area contributed by atoms with Gasteiger partial charge in [0.05, 0.1) is 0 Å². The highest BCUT2D eigenvalue weighted by molar-refractivity contribution is 5.44. The lowest BCUT2D eigenvalue weighted by Gasteiger charge is -2.18. The van der Waals surface area contributed by atoms with E-state index in [2.05, 4.69) is 52.0 Å². The molecule has 0 nitrogen and oxygen atoms in total. The molecule has 0 spiro atoms. The summed E-state index contributed by atoms with van der Waals surface area (Å²) in [7, 11) is 0. The van der Waals surface area contributed by atoms with E-state index in [1.165, 1.54) is 11.1 Å². The molecule has 1 rings (SSSR count). The zero-order valence-electron chi connectivity index (χ0n) is 9.81. The molecule has 1 aliphatic carbocycles. The predicted octanol–water partition coefficient (Wildman–Crippen LogP) is 4.50. The molecule has 0 aromatic rings. The van der Waals surface area contributed by atoms with Crippen LogP contribution in [0, 0.1) is 5.41 Å². The van der Waals surface area contributed by atoms with Crippen molar-refractivity contribution in [3.05, 3.63) is 35.5 Å². The zero-order chi connectivity index (χ0) is 10.5. The largest absolute Gasteiger partial charge is 0.0873 e. The molecular formula is C13H22. The van der Waals surface area contributed by atoms with E-state index in [1.807, 2.05) is 13.8 Å². The first-order valence-electron chi connectivity index (χ1n) is 5.11. The van der Waals surface area contributed by atoms with Crippen LogP contribution in [0.3, 0.4) is 0 Å². The van der Waals surface area contributed by atoms with Crippen LogP contribution in [-0.2, 0) is 0 Å². The lowest BCUT2D eigenvalue weighted by molar-refractivity contribution is 0.604. The Hall–Kier alpha value is -0.780. The van der Waals surface area contributed by atoms with Gasteiger partial charge in [-0.2, -0.15) is 0 Å². The van der Waals surface area contributed by atoms with Crippen molar-refractivity contribution in [2.75, 3.05) is 0 Å². The molecule has 0 heteroatoms. The molecular weight excluding hydrogens is 156 g/mol. The van der Waals surface area contributed by atoms with E-state index in [4.69, 9.17) is 0 Å². The van der Waals surface area contributed by atoms with Crippen molar-refractivity contribution in [3.8, 4) is 0 Å². The van der Waals surface area contributed by atoms with Gasteiger partial charge in [0.15, 0.2) is 0 Å². The summed E-state index contributed by atoms with van der Waals surface area (Å²) < 4.78 is 0. The Bertz CT molecular complexity index is 237. The van der Waals surface area contributed by atoms with E-state index in [-0.39, 0.29) is 5.41 Å². The second kappa shape index (κ2) is 5.06. The summed E-state index contributed by atoms with van der Waals surface area (Å²) in [5, 5.41) is 0. The van der Waals surface area contributed by atoms with Crippen LogP contribution in [0.15, 0.2) is 35.5 Å². The quantitative estimate of drug-likeness (QED) is 0.554. The van der Waals surface area contributed by atoms with Crippen LogP contribution in [0.2, 0.25) is 0 Å². The molecule has 0 heterocycles. The number of hydrogen-bond donors (Lipinski definition) is 0. The van der Waals surface area contributed by atoms with E-state index >= 15 is 0 Å². The lowest BCUT2D eigenvalue weighted by Crippen LogP contribution is -2.06. The van der Waals surface area contributed by atoms with Crippen molar-refractivity contribution in [2.45, 2.75) is 41.5 Å². The fraction of sp³-hybridized carbons (Fsp3) is 0.538. The molecule has 1 aliphatic rings. The number of hydrogen-bond acceptors (Lipinski definition) is 0. The fourth-order valence-corrected chi connectivity index (χ4v) is 1.53. The molecule has 0 amide bonds. The van der Waals surface area contributed by atoms with Crippen LogP contribution in [-0.4, -0.2) is 0 Å². The van der Waals surface area contributed by atoms with Gasteiger partial charge in [0.25, 0.3) is 0 Å². The molecule has 0 saturated carbocycles. The van der Waals surface area contributed by atoms with Gasteiger partial charge in [0.2, 0.25) is 0 Å². The molecule has 0 atom stereocenters. The summed E-state index contributed by atoms with van der Waals surface area (Å²) in [6, 6.07) is 0.